The van der Waals surface area contributed by atoms with Gasteiger partial charge in [-0.15, -0.1) is 0 Å². The number of rotatable bonds is 4. The highest BCUT2D eigenvalue weighted by molar-refractivity contribution is 7.91. The zero-order chi connectivity index (χ0) is 20.7. The van der Waals surface area contributed by atoms with Crippen molar-refractivity contribution in [1.82, 2.24) is 4.90 Å². The van der Waals surface area contributed by atoms with Crippen LogP contribution in [-0.2, 0) is 19.4 Å². The van der Waals surface area contributed by atoms with Crippen molar-refractivity contribution in [3.05, 3.63) is 59.7 Å². The Bertz CT molecular complexity index is 1020. The van der Waals surface area contributed by atoms with Gasteiger partial charge in [-0.2, -0.15) is 0 Å². The quantitative estimate of drug-likeness (QED) is 0.750. The molecule has 2 unspecified atom stereocenters. The lowest BCUT2D eigenvalue weighted by atomic mass is 9.86. The van der Waals surface area contributed by atoms with Crippen molar-refractivity contribution in [1.29, 1.82) is 0 Å². The van der Waals surface area contributed by atoms with Crippen LogP contribution in [0.4, 0.5) is 0 Å². The van der Waals surface area contributed by atoms with Crippen LogP contribution in [0.3, 0.4) is 0 Å². The van der Waals surface area contributed by atoms with E-state index in [1.165, 1.54) is 0 Å². The van der Waals surface area contributed by atoms with Gasteiger partial charge in [0, 0.05) is 30.3 Å². The second kappa shape index (κ2) is 7.71. The van der Waals surface area contributed by atoms with Crippen LogP contribution in [0.25, 0.3) is 0 Å². The third kappa shape index (κ3) is 3.61. The van der Waals surface area contributed by atoms with E-state index < -0.39 is 15.8 Å². The van der Waals surface area contributed by atoms with Gasteiger partial charge < -0.3 is 14.4 Å². The van der Waals surface area contributed by atoms with Gasteiger partial charge in [-0.05, 0) is 31.4 Å². The summed E-state index contributed by atoms with van der Waals surface area (Å²) in [4.78, 5) is 15.8. The SMILES string of the molecule is O=C(C1c2ccccc2Oc2ccccc21)N(CC1CCCO1)C1CCS(=O)(=O)C1. The van der Waals surface area contributed by atoms with E-state index in [0.29, 0.717) is 31.1 Å². The zero-order valence-corrected chi connectivity index (χ0v) is 17.5. The molecule has 2 saturated heterocycles. The van der Waals surface area contributed by atoms with Gasteiger partial charge in [0.1, 0.15) is 11.5 Å². The minimum absolute atomic E-state index is 0.0258. The number of hydrogen-bond acceptors (Lipinski definition) is 5. The first-order chi connectivity index (χ1) is 14.5. The predicted octanol–water partition coefficient (Wildman–Crippen LogP) is 3.12. The molecule has 0 aliphatic carbocycles. The first-order valence-electron chi connectivity index (χ1n) is 10.5. The molecule has 0 aromatic heterocycles. The summed E-state index contributed by atoms with van der Waals surface area (Å²) in [7, 11) is -3.12. The normalized spacial score (nSPS) is 24.7. The second-order valence-electron chi connectivity index (χ2n) is 8.29. The van der Waals surface area contributed by atoms with Crippen LogP contribution in [0, 0.1) is 0 Å². The maximum absolute atomic E-state index is 14.0. The van der Waals surface area contributed by atoms with Gasteiger partial charge in [0.25, 0.3) is 0 Å². The summed E-state index contributed by atoms with van der Waals surface area (Å²) in [5.74, 6) is 0.911. The summed E-state index contributed by atoms with van der Waals surface area (Å²) in [6, 6.07) is 14.9. The molecule has 0 spiro atoms. The summed E-state index contributed by atoms with van der Waals surface area (Å²) < 4.78 is 36.2. The fraction of sp³-hybridized carbons (Fsp3) is 0.435. The topological polar surface area (TPSA) is 72.9 Å². The Hall–Kier alpha value is -2.38. The molecule has 158 valence electrons. The van der Waals surface area contributed by atoms with Gasteiger partial charge >= 0.3 is 0 Å². The highest BCUT2D eigenvalue weighted by Crippen LogP contribution is 2.45. The van der Waals surface area contributed by atoms with Crippen LogP contribution in [0.1, 0.15) is 36.3 Å². The van der Waals surface area contributed by atoms with E-state index in [9.17, 15) is 13.2 Å². The van der Waals surface area contributed by atoms with Crippen molar-refractivity contribution < 1.29 is 22.7 Å². The van der Waals surface area contributed by atoms with Crippen LogP contribution in [0.2, 0.25) is 0 Å². The number of amides is 1. The van der Waals surface area contributed by atoms with Crippen LogP contribution in [-0.4, -0.2) is 56.0 Å². The summed E-state index contributed by atoms with van der Waals surface area (Å²) in [5, 5.41) is 0. The smallest absolute Gasteiger partial charge is 0.235 e. The van der Waals surface area contributed by atoms with E-state index in [1.807, 2.05) is 48.5 Å². The second-order valence-corrected chi connectivity index (χ2v) is 10.5. The van der Waals surface area contributed by atoms with E-state index in [1.54, 1.807) is 4.90 Å². The molecule has 0 radical (unpaired) electrons. The van der Waals surface area contributed by atoms with Crippen molar-refractivity contribution in [2.75, 3.05) is 24.7 Å². The Labute approximate surface area is 176 Å². The minimum atomic E-state index is -3.12. The maximum atomic E-state index is 14.0. The number of ether oxygens (including phenoxy) is 2. The number of carbonyl (C=O) groups is 1. The highest BCUT2D eigenvalue weighted by atomic mass is 32.2. The zero-order valence-electron chi connectivity index (χ0n) is 16.7. The van der Waals surface area contributed by atoms with Gasteiger partial charge in [0.15, 0.2) is 9.84 Å². The molecule has 5 rings (SSSR count). The average Bonchev–Trinajstić information content (AvgIpc) is 3.38. The van der Waals surface area contributed by atoms with Crippen LogP contribution in [0.15, 0.2) is 48.5 Å². The molecule has 2 fully saturated rings. The molecule has 2 aromatic carbocycles. The Morgan fingerprint density at radius 1 is 1.00 bits per heavy atom. The third-order valence-corrected chi connectivity index (χ3v) is 8.03. The van der Waals surface area contributed by atoms with Crippen molar-refractivity contribution in [3.8, 4) is 11.5 Å². The fourth-order valence-electron chi connectivity index (χ4n) is 4.79. The summed E-state index contributed by atoms with van der Waals surface area (Å²) >= 11 is 0. The molecule has 0 bridgehead atoms. The molecule has 0 N–H and O–H groups in total. The van der Waals surface area contributed by atoms with Crippen molar-refractivity contribution in [3.63, 3.8) is 0 Å². The maximum Gasteiger partial charge on any atom is 0.235 e. The molecular formula is C23H25NO5S. The minimum Gasteiger partial charge on any atom is -0.457 e. The third-order valence-electron chi connectivity index (χ3n) is 6.28. The van der Waals surface area contributed by atoms with E-state index in [4.69, 9.17) is 9.47 Å². The summed E-state index contributed by atoms with van der Waals surface area (Å²) in [6.45, 7) is 1.12. The molecule has 7 heteroatoms. The molecule has 3 aliphatic rings. The Morgan fingerprint density at radius 2 is 1.67 bits per heavy atom. The van der Waals surface area contributed by atoms with Crippen molar-refractivity contribution >= 4 is 15.7 Å². The highest BCUT2D eigenvalue weighted by Gasteiger charge is 2.41. The lowest BCUT2D eigenvalue weighted by Gasteiger charge is -2.36. The number of nitrogens with zero attached hydrogens (tertiary/aromatic N) is 1. The number of carbonyl (C=O) groups excluding carboxylic acids is 1. The first kappa shape index (κ1) is 19.6. The number of benzene rings is 2. The largest absolute Gasteiger partial charge is 0.457 e. The number of para-hydroxylation sites is 2. The Kier molecular flexibility index (Phi) is 5.03. The summed E-state index contributed by atoms with van der Waals surface area (Å²) in [5.41, 5.74) is 1.64. The lowest BCUT2D eigenvalue weighted by molar-refractivity contribution is -0.135. The molecule has 30 heavy (non-hydrogen) atoms. The van der Waals surface area contributed by atoms with E-state index in [2.05, 4.69) is 0 Å². The molecule has 2 aromatic rings. The number of sulfone groups is 1. The monoisotopic (exact) mass is 427 g/mol. The van der Waals surface area contributed by atoms with Crippen molar-refractivity contribution in [2.45, 2.75) is 37.3 Å². The van der Waals surface area contributed by atoms with Crippen LogP contribution < -0.4 is 4.74 Å². The Morgan fingerprint density at radius 3 is 2.23 bits per heavy atom. The van der Waals surface area contributed by atoms with E-state index >= 15 is 0 Å². The predicted molar refractivity (Wildman–Crippen MR) is 113 cm³/mol. The standard InChI is InChI=1S/C23H25NO5S/c25-23(24(14-17-6-5-12-28-17)16-11-13-30(26,27)15-16)22-18-7-1-3-9-20(18)29-21-10-4-2-8-19(21)22/h1-4,7-10,16-17,22H,5-6,11-15H2. The van der Waals surface area contributed by atoms with Gasteiger partial charge in [0.2, 0.25) is 5.91 Å². The summed E-state index contributed by atoms with van der Waals surface area (Å²) in [6.07, 6.45) is 2.30. The van der Waals surface area contributed by atoms with Crippen LogP contribution in [0.5, 0.6) is 11.5 Å². The van der Waals surface area contributed by atoms with Gasteiger partial charge in [0.05, 0.1) is 23.5 Å². The van der Waals surface area contributed by atoms with Gasteiger partial charge in [-0.3, -0.25) is 4.79 Å². The first-order valence-corrected chi connectivity index (χ1v) is 12.3. The lowest BCUT2D eigenvalue weighted by Crippen LogP contribution is -2.47. The van der Waals surface area contributed by atoms with E-state index in [0.717, 1.165) is 24.0 Å². The molecule has 1 amide bonds. The molecule has 3 aliphatic heterocycles. The molecule has 6 nitrogen and oxygen atoms in total. The number of fused-ring (bicyclic) bond motifs is 2. The van der Waals surface area contributed by atoms with Gasteiger partial charge in [-0.25, -0.2) is 8.42 Å². The molecular weight excluding hydrogens is 402 g/mol. The Balaban J connectivity index is 1.54. The molecule has 0 saturated carbocycles. The number of hydrogen-bond donors (Lipinski definition) is 0. The fourth-order valence-corrected chi connectivity index (χ4v) is 6.52. The molecule has 2 atom stereocenters. The van der Waals surface area contributed by atoms with Gasteiger partial charge in [-0.1, -0.05) is 36.4 Å². The van der Waals surface area contributed by atoms with Crippen molar-refractivity contribution in [2.24, 2.45) is 0 Å². The van der Waals surface area contributed by atoms with Crippen LogP contribution >= 0.6 is 0 Å². The van der Waals surface area contributed by atoms with E-state index in [-0.39, 0.29) is 29.6 Å². The molecule has 3 heterocycles. The average molecular weight is 428 g/mol.